The summed E-state index contributed by atoms with van der Waals surface area (Å²) in [5.74, 6) is 0.474. The number of hydrogen-bond donors (Lipinski definition) is 2. The number of anilines is 1. The van der Waals surface area contributed by atoms with Crippen molar-refractivity contribution in [2.75, 3.05) is 11.9 Å². The van der Waals surface area contributed by atoms with E-state index >= 15 is 0 Å². The second kappa shape index (κ2) is 6.89. The number of aliphatic hydroxyl groups excluding tert-OH is 1. The fourth-order valence-corrected chi connectivity index (χ4v) is 2.18. The fourth-order valence-electron chi connectivity index (χ4n) is 1.76. The summed E-state index contributed by atoms with van der Waals surface area (Å²) in [4.78, 5) is 11.9. The van der Waals surface area contributed by atoms with E-state index in [2.05, 4.69) is 47.1 Å². The van der Waals surface area contributed by atoms with Crippen LogP contribution in [0.1, 0.15) is 27.2 Å². The Morgan fingerprint density at radius 3 is 2.72 bits per heavy atom. The third-order valence-electron chi connectivity index (χ3n) is 2.88. The van der Waals surface area contributed by atoms with Crippen LogP contribution >= 0.6 is 15.9 Å². The minimum Gasteiger partial charge on any atom is -0.394 e. The number of nitrogens with one attached hydrogen (secondary N) is 1. The van der Waals surface area contributed by atoms with E-state index in [1.165, 1.54) is 4.68 Å². The quantitative estimate of drug-likeness (QED) is 0.840. The molecule has 1 aromatic rings. The fraction of sp³-hybridized carbons (Fsp3) is 0.667. The summed E-state index contributed by atoms with van der Waals surface area (Å²) in [7, 11) is 0. The lowest BCUT2D eigenvalue weighted by atomic mass is 10.0. The molecular formula is C12H20BrN3O2. The lowest BCUT2D eigenvalue weighted by molar-refractivity contribution is 0.266. The van der Waals surface area contributed by atoms with E-state index < -0.39 is 0 Å². The van der Waals surface area contributed by atoms with Gasteiger partial charge in [-0.2, -0.15) is 5.10 Å². The van der Waals surface area contributed by atoms with Gasteiger partial charge >= 0.3 is 0 Å². The van der Waals surface area contributed by atoms with Gasteiger partial charge in [0.2, 0.25) is 0 Å². The molecule has 0 saturated heterocycles. The molecule has 1 unspecified atom stereocenters. The van der Waals surface area contributed by atoms with Gasteiger partial charge in [0.15, 0.2) is 0 Å². The zero-order valence-electron chi connectivity index (χ0n) is 11.0. The Balaban J connectivity index is 2.98. The van der Waals surface area contributed by atoms with Gasteiger partial charge < -0.3 is 10.4 Å². The smallest absolute Gasteiger partial charge is 0.283 e. The van der Waals surface area contributed by atoms with Crippen molar-refractivity contribution in [2.45, 2.75) is 39.8 Å². The van der Waals surface area contributed by atoms with Crippen molar-refractivity contribution in [2.24, 2.45) is 5.92 Å². The molecule has 1 aromatic heterocycles. The lowest BCUT2D eigenvalue weighted by Gasteiger charge is -2.22. The Labute approximate surface area is 115 Å². The zero-order valence-corrected chi connectivity index (χ0v) is 12.6. The van der Waals surface area contributed by atoms with Gasteiger partial charge in [-0.1, -0.05) is 20.8 Å². The summed E-state index contributed by atoms with van der Waals surface area (Å²) in [5, 5.41) is 16.2. The molecule has 1 heterocycles. The van der Waals surface area contributed by atoms with Crippen molar-refractivity contribution in [1.29, 1.82) is 0 Å². The summed E-state index contributed by atoms with van der Waals surface area (Å²) in [6.07, 6.45) is 2.59. The Kier molecular flexibility index (Phi) is 5.81. The molecule has 18 heavy (non-hydrogen) atoms. The van der Waals surface area contributed by atoms with Gasteiger partial charge in [0.1, 0.15) is 4.47 Å². The van der Waals surface area contributed by atoms with E-state index in [-0.39, 0.29) is 18.7 Å². The van der Waals surface area contributed by atoms with Gasteiger partial charge in [0.05, 0.1) is 25.0 Å². The first-order valence-corrected chi connectivity index (χ1v) is 6.93. The van der Waals surface area contributed by atoms with Crippen molar-refractivity contribution in [3.05, 3.63) is 21.0 Å². The van der Waals surface area contributed by atoms with Gasteiger partial charge in [0, 0.05) is 6.04 Å². The molecule has 0 bridgehead atoms. The van der Waals surface area contributed by atoms with E-state index in [4.69, 9.17) is 5.11 Å². The van der Waals surface area contributed by atoms with Gasteiger partial charge in [0.25, 0.3) is 5.56 Å². The number of halogens is 1. The van der Waals surface area contributed by atoms with Crippen LogP contribution in [-0.2, 0) is 6.54 Å². The molecule has 0 aromatic carbocycles. The third kappa shape index (κ3) is 3.55. The molecule has 102 valence electrons. The first-order chi connectivity index (χ1) is 8.51. The SMILES string of the molecule is CCC(Nc1cnn(CCO)c(=O)c1Br)C(C)C. The highest BCUT2D eigenvalue weighted by molar-refractivity contribution is 9.10. The molecule has 0 fully saturated rings. The molecule has 1 rings (SSSR count). The Morgan fingerprint density at radius 1 is 1.56 bits per heavy atom. The largest absolute Gasteiger partial charge is 0.394 e. The summed E-state index contributed by atoms with van der Waals surface area (Å²) < 4.78 is 1.70. The standard InChI is InChI=1S/C12H20BrN3O2/c1-4-9(8(2)3)15-10-7-14-16(5-6-17)12(18)11(10)13/h7-9,15,17H,4-6H2,1-3H3. The molecule has 0 aliphatic heterocycles. The van der Waals surface area contributed by atoms with E-state index in [9.17, 15) is 4.79 Å². The number of nitrogens with zero attached hydrogens (tertiary/aromatic N) is 2. The average Bonchev–Trinajstić information content (AvgIpc) is 2.34. The van der Waals surface area contributed by atoms with Crippen LogP contribution in [0.3, 0.4) is 0 Å². The van der Waals surface area contributed by atoms with Crippen molar-refractivity contribution in [1.82, 2.24) is 9.78 Å². The van der Waals surface area contributed by atoms with Crippen molar-refractivity contribution >= 4 is 21.6 Å². The molecule has 5 nitrogen and oxygen atoms in total. The van der Waals surface area contributed by atoms with Crippen LogP contribution in [0.15, 0.2) is 15.5 Å². The summed E-state index contributed by atoms with van der Waals surface area (Å²) in [6, 6.07) is 0.302. The topological polar surface area (TPSA) is 67.2 Å². The van der Waals surface area contributed by atoms with Crippen LogP contribution in [0.4, 0.5) is 5.69 Å². The minimum absolute atomic E-state index is 0.101. The number of aromatic nitrogens is 2. The highest BCUT2D eigenvalue weighted by Gasteiger charge is 2.14. The molecule has 1 atom stereocenters. The van der Waals surface area contributed by atoms with Gasteiger partial charge in [-0.05, 0) is 28.3 Å². The molecule has 0 aliphatic rings. The molecule has 0 aliphatic carbocycles. The third-order valence-corrected chi connectivity index (χ3v) is 3.65. The van der Waals surface area contributed by atoms with E-state index in [0.717, 1.165) is 6.42 Å². The molecule has 0 saturated carbocycles. The van der Waals surface area contributed by atoms with Crippen LogP contribution in [-0.4, -0.2) is 27.5 Å². The lowest BCUT2D eigenvalue weighted by Crippen LogP contribution is -2.29. The van der Waals surface area contributed by atoms with Gasteiger partial charge in [-0.25, -0.2) is 4.68 Å². The van der Waals surface area contributed by atoms with E-state index in [0.29, 0.717) is 22.1 Å². The van der Waals surface area contributed by atoms with Gasteiger partial charge in [-0.15, -0.1) is 0 Å². The van der Waals surface area contributed by atoms with E-state index in [1.807, 2.05) is 0 Å². The highest BCUT2D eigenvalue weighted by Crippen LogP contribution is 2.20. The van der Waals surface area contributed by atoms with Crippen molar-refractivity contribution in [3.8, 4) is 0 Å². The molecule has 0 spiro atoms. The van der Waals surface area contributed by atoms with Crippen molar-refractivity contribution in [3.63, 3.8) is 0 Å². The monoisotopic (exact) mass is 317 g/mol. The van der Waals surface area contributed by atoms with Crippen LogP contribution in [0.25, 0.3) is 0 Å². The normalized spacial score (nSPS) is 12.8. The molecule has 2 N–H and O–H groups in total. The highest BCUT2D eigenvalue weighted by atomic mass is 79.9. The Hall–Kier alpha value is -0.880. The predicted octanol–water partition coefficient (Wildman–Crippen LogP) is 1.84. The summed E-state index contributed by atoms with van der Waals surface area (Å²) in [5.41, 5.74) is 0.474. The summed E-state index contributed by atoms with van der Waals surface area (Å²) in [6.45, 7) is 6.48. The maximum atomic E-state index is 11.9. The Bertz CT molecular complexity index is 445. The molecule has 0 amide bonds. The van der Waals surface area contributed by atoms with Crippen molar-refractivity contribution < 1.29 is 5.11 Å². The maximum Gasteiger partial charge on any atom is 0.283 e. The molecule has 0 radical (unpaired) electrons. The number of rotatable bonds is 6. The molecule has 6 heteroatoms. The first-order valence-electron chi connectivity index (χ1n) is 6.14. The average molecular weight is 318 g/mol. The predicted molar refractivity (Wildman–Crippen MR) is 75.8 cm³/mol. The van der Waals surface area contributed by atoms with Crippen LogP contribution in [0.2, 0.25) is 0 Å². The second-order valence-corrected chi connectivity index (χ2v) is 5.32. The molecular weight excluding hydrogens is 298 g/mol. The van der Waals surface area contributed by atoms with Gasteiger partial charge in [-0.3, -0.25) is 4.79 Å². The van der Waals surface area contributed by atoms with Crippen LogP contribution < -0.4 is 10.9 Å². The summed E-state index contributed by atoms with van der Waals surface area (Å²) >= 11 is 3.29. The Morgan fingerprint density at radius 2 is 2.22 bits per heavy atom. The van der Waals surface area contributed by atoms with Crippen LogP contribution in [0.5, 0.6) is 0 Å². The van der Waals surface area contributed by atoms with E-state index in [1.54, 1.807) is 6.20 Å². The second-order valence-electron chi connectivity index (χ2n) is 4.53. The van der Waals surface area contributed by atoms with Crippen LogP contribution in [0, 0.1) is 5.92 Å². The minimum atomic E-state index is -0.229. The maximum absolute atomic E-state index is 11.9. The first kappa shape index (κ1) is 15.2. The number of aliphatic hydroxyl groups is 1. The zero-order chi connectivity index (χ0) is 13.7. The number of hydrogen-bond acceptors (Lipinski definition) is 4.